The van der Waals surface area contributed by atoms with Crippen LogP contribution in [0.4, 0.5) is 0 Å². The predicted octanol–water partition coefficient (Wildman–Crippen LogP) is 4.55. The number of fused-ring (bicyclic) bond motifs is 1. The summed E-state index contributed by atoms with van der Waals surface area (Å²) in [4.78, 5) is 15.1. The van der Waals surface area contributed by atoms with Crippen molar-refractivity contribution in [2.45, 2.75) is 57.5 Å². The number of carbonyl (C=O) groups is 1. The van der Waals surface area contributed by atoms with Crippen LogP contribution in [-0.4, -0.2) is 26.6 Å². The first-order valence-electron chi connectivity index (χ1n) is 9.89. The summed E-state index contributed by atoms with van der Waals surface area (Å²) >= 11 is 5.94. The second-order valence-electron chi connectivity index (χ2n) is 7.64. The highest BCUT2D eigenvalue weighted by Gasteiger charge is 2.29. The van der Waals surface area contributed by atoms with Gasteiger partial charge in [0.1, 0.15) is 0 Å². The van der Waals surface area contributed by atoms with E-state index in [1.54, 1.807) is 6.08 Å². The number of aromatic nitrogens is 2. The first-order valence-corrected chi connectivity index (χ1v) is 10.3. The minimum Gasteiger partial charge on any atom is -0.330 e. The minimum absolute atomic E-state index is 0.0780. The molecule has 1 heterocycles. The summed E-state index contributed by atoms with van der Waals surface area (Å²) in [6.45, 7) is 0.623. The molecule has 0 N–H and O–H groups in total. The Labute approximate surface area is 165 Å². The Hall–Kier alpha value is -2.07. The first-order chi connectivity index (χ1) is 13.1. The summed E-state index contributed by atoms with van der Waals surface area (Å²) in [7, 11) is 2.02. The first kappa shape index (κ1) is 18.3. The van der Waals surface area contributed by atoms with Crippen molar-refractivity contribution in [1.29, 1.82) is 0 Å². The molecule has 1 fully saturated rings. The van der Waals surface area contributed by atoms with Gasteiger partial charge in [-0.15, -0.1) is 0 Å². The fourth-order valence-corrected chi connectivity index (χ4v) is 4.55. The summed E-state index contributed by atoms with van der Waals surface area (Å²) in [5.41, 5.74) is 4.79. The van der Waals surface area contributed by atoms with Crippen molar-refractivity contribution in [3.63, 3.8) is 0 Å². The maximum atomic E-state index is 13.1. The van der Waals surface area contributed by atoms with Crippen LogP contribution >= 0.6 is 11.6 Å². The Morgan fingerprint density at radius 3 is 2.70 bits per heavy atom. The van der Waals surface area contributed by atoms with Crippen LogP contribution in [0, 0.1) is 0 Å². The Balaban J connectivity index is 1.55. The van der Waals surface area contributed by atoms with Crippen LogP contribution in [0.5, 0.6) is 0 Å². The molecule has 0 bridgehead atoms. The Morgan fingerprint density at radius 1 is 1.22 bits per heavy atom. The molecule has 5 heteroatoms. The van der Waals surface area contributed by atoms with Crippen LogP contribution in [0.2, 0.25) is 5.02 Å². The van der Waals surface area contributed by atoms with Crippen molar-refractivity contribution in [1.82, 2.24) is 14.7 Å². The number of rotatable bonds is 5. The maximum Gasteiger partial charge on any atom is 0.247 e. The van der Waals surface area contributed by atoms with Gasteiger partial charge < -0.3 is 4.90 Å². The molecule has 4 rings (SSSR count). The van der Waals surface area contributed by atoms with Crippen LogP contribution in [-0.2, 0) is 31.2 Å². The van der Waals surface area contributed by atoms with Crippen molar-refractivity contribution in [3.05, 3.63) is 57.9 Å². The van der Waals surface area contributed by atoms with Gasteiger partial charge in [-0.1, -0.05) is 36.6 Å². The van der Waals surface area contributed by atoms with Crippen molar-refractivity contribution in [2.75, 3.05) is 0 Å². The average Bonchev–Trinajstić information content (AvgIpc) is 3.40. The molecule has 142 valence electrons. The van der Waals surface area contributed by atoms with Crippen molar-refractivity contribution < 1.29 is 4.79 Å². The van der Waals surface area contributed by atoms with Gasteiger partial charge in [0.2, 0.25) is 5.91 Å². The maximum absolute atomic E-state index is 13.1. The SMILES string of the molecule is Cn1nc(CN(C(=O)/C=C/c2ccc(Cl)cc2)C2CCCC2)c2c1CCC2. The van der Waals surface area contributed by atoms with E-state index in [0.717, 1.165) is 36.9 Å². The standard InChI is InChI=1S/C22H26ClN3O/c1-25-21-8-4-7-19(21)20(24-25)15-26(18-5-2-3-6-18)22(27)14-11-16-9-12-17(23)13-10-16/h9-14,18H,2-8,15H2,1H3/b14-11+. The normalized spacial score (nSPS) is 17.0. The van der Waals surface area contributed by atoms with Crippen LogP contribution in [0.15, 0.2) is 30.3 Å². The zero-order valence-electron chi connectivity index (χ0n) is 15.8. The molecule has 2 aliphatic carbocycles. The van der Waals surface area contributed by atoms with Gasteiger partial charge in [0.25, 0.3) is 0 Å². The Morgan fingerprint density at radius 2 is 1.96 bits per heavy atom. The van der Waals surface area contributed by atoms with Gasteiger partial charge in [-0.3, -0.25) is 9.48 Å². The number of aryl methyl sites for hydroxylation is 1. The highest BCUT2D eigenvalue weighted by atomic mass is 35.5. The third-order valence-electron chi connectivity index (χ3n) is 5.86. The van der Waals surface area contributed by atoms with E-state index in [1.165, 1.54) is 30.5 Å². The number of amides is 1. The molecule has 0 unspecified atom stereocenters. The molecule has 1 saturated carbocycles. The fourth-order valence-electron chi connectivity index (χ4n) is 4.43. The lowest BCUT2D eigenvalue weighted by atomic mass is 10.1. The molecule has 2 aromatic rings. The second kappa shape index (κ2) is 7.89. The summed E-state index contributed by atoms with van der Waals surface area (Å²) in [6.07, 6.45) is 11.6. The fraction of sp³-hybridized carbons (Fsp3) is 0.455. The van der Waals surface area contributed by atoms with Gasteiger partial charge in [-0.05, 0) is 61.4 Å². The molecule has 0 radical (unpaired) electrons. The molecule has 0 spiro atoms. The highest BCUT2D eigenvalue weighted by Crippen LogP contribution is 2.29. The molecule has 1 amide bonds. The smallest absolute Gasteiger partial charge is 0.247 e. The minimum atomic E-state index is 0.0780. The molecule has 4 nitrogen and oxygen atoms in total. The molecule has 27 heavy (non-hydrogen) atoms. The van der Waals surface area contributed by atoms with E-state index >= 15 is 0 Å². The monoisotopic (exact) mass is 383 g/mol. The molecular formula is C22H26ClN3O. The summed E-state index contributed by atoms with van der Waals surface area (Å²) in [6, 6.07) is 7.87. The van der Waals surface area contributed by atoms with Gasteiger partial charge in [0.15, 0.2) is 0 Å². The number of hydrogen-bond donors (Lipinski definition) is 0. The van der Waals surface area contributed by atoms with Gasteiger partial charge in [0, 0.05) is 29.9 Å². The van der Waals surface area contributed by atoms with Crippen LogP contribution in [0.3, 0.4) is 0 Å². The molecular weight excluding hydrogens is 358 g/mol. The molecule has 2 aliphatic rings. The number of hydrogen-bond acceptors (Lipinski definition) is 2. The number of benzene rings is 1. The molecule has 0 atom stereocenters. The lowest BCUT2D eigenvalue weighted by Crippen LogP contribution is -2.37. The third kappa shape index (κ3) is 3.96. The van der Waals surface area contributed by atoms with E-state index in [-0.39, 0.29) is 5.91 Å². The van der Waals surface area contributed by atoms with Gasteiger partial charge in [0.05, 0.1) is 12.2 Å². The largest absolute Gasteiger partial charge is 0.330 e. The van der Waals surface area contributed by atoms with E-state index in [4.69, 9.17) is 16.7 Å². The lowest BCUT2D eigenvalue weighted by molar-refractivity contribution is -0.128. The van der Waals surface area contributed by atoms with Gasteiger partial charge >= 0.3 is 0 Å². The van der Waals surface area contributed by atoms with Crippen molar-refractivity contribution in [2.24, 2.45) is 7.05 Å². The van der Waals surface area contributed by atoms with E-state index in [1.807, 2.05) is 47.0 Å². The quantitative estimate of drug-likeness (QED) is 0.710. The summed E-state index contributed by atoms with van der Waals surface area (Å²) < 4.78 is 2.01. The van der Waals surface area contributed by atoms with Gasteiger partial charge in [-0.2, -0.15) is 5.10 Å². The zero-order chi connectivity index (χ0) is 18.8. The van der Waals surface area contributed by atoms with Crippen molar-refractivity contribution in [3.8, 4) is 0 Å². The van der Waals surface area contributed by atoms with Crippen LogP contribution in [0.25, 0.3) is 6.08 Å². The Kier molecular flexibility index (Phi) is 5.35. The lowest BCUT2D eigenvalue weighted by Gasteiger charge is -2.27. The molecule has 1 aromatic heterocycles. The topological polar surface area (TPSA) is 38.1 Å². The molecule has 0 aliphatic heterocycles. The third-order valence-corrected chi connectivity index (χ3v) is 6.11. The number of carbonyl (C=O) groups excluding carboxylic acids is 1. The molecule has 1 aromatic carbocycles. The number of nitrogens with zero attached hydrogens (tertiary/aromatic N) is 3. The Bertz CT molecular complexity index is 847. The van der Waals surface area contributed by atoms with Crippen LogP contribution < -0.4 is 0 Å². The van der Waals surface area contributed by atoms with E-state index in [9.17, 15) is 4.79 Å². The average molecular weight is 384 g/mol. The van der Waals surface area contributed by atoms with Crippen molar-refractivity contribution >= 4 is 23.6 Å². The van der Waals surface area contributed by atoms with Crippen LogP contribution in [0.1, 0.15) is 54.6 Å². The van der Waals surface area contributed by atoms with E-state index in [0.29, 0.717) is 17.6 Å². The second-order valence-corrected chi connectivity index (χ2v) is 8.07. The zero-order valence-corrected chi connectivity index (χ0v) is 16.6. The van der Waals surface area contributed by atoms with E-state index in [2.05, 4.69) is 0 Å². The summed E-state index contributed by atoms with van der Waals surface area (Å²) in [5, 5.41) is 5.44. The predicted molar refractivity (Wildman–Crippen MR) is 109 cm³/mol. The number of halogens is 1. The van der Waals surface area contributed by atoms with Gasteiger partial charge in [-0.25, -0.2) is 0 Å². The highest BCUT2D eigenvalue weighted by molar-refractivity contribution is 6.30. The summed E-state index contributed by atoms with van der Waals surface area (Å²) in [5.74, 6) is 0.0780. The molecule has 0 saturated heterocycles. The van der Waals surface area contributed by atoms with E-state index < -0.39 is 0 Å².